The highest BCUT2D eigenvalue weighted by molar-refractivity contribution is 6.22. The molecule has 2 aromatic carbocycles. The van der Waals surface area contributed by atoms with Crippen molar-refractivity contribution in [1.29, 1.82) is 0 Å². The van der Waals surface area contributed by atoms with Gasteiger partial charge in [0.05, 0.1) is 30.1 Å². The Morgan fingerprint density at radius 1 is 0.839 bits per heavy atom. The first kappa shape index (κ1) is 19.0. The average molecular weight is 416 g/mol. The third kappa shape index (κ3) is 3.16. The Kier molecular flexibility index (Phi) is 4.54. The van der Waals surface area contributed by atoms with Gasteiger partial charge in [-0.3, -0.25) is 9.59 Å². The summed E-state index contributed by atoms with van der Waals surface area (Å²) in [6.45, 7) is 0.156. The second-order valence-corrected chi connectivity index (χ2v) is 7.81. The maximum atomic E-state index is 13.0. The average Bonchev–Trinajstić information content (AvgIpc) is 3.22. The number of nitrogens with one attached hydrogen (secondary N) is 1. The summed E-state index contributed by atoms with van der Waals surface area (Å²) in [5.74, 6) is -1.68. The molecule has 0 bridgehead atoms. The summed E-state index contributed by atoms with van der Waals surface area (Å²) in [4.78, 5) is 52.4. The molecule has 2 heterocycles. The zero-order valence-corrected chi connectivity index (χ0v) is 16.5. The van der Waals surface area contributed by atoms with E-state index in [0.717, 1.165) is 10.1 Å². The summed E-state index contributed by atoms with van der Waals surface area (Å²) in [5, 5.41) is 2.60. The molecule has 31 heavy (non-hydrogen) atoms. The van der Waals surface area contributed by atoms with E-state index in [1.54, 1.807) is 36.4 Å². The van der Waals surface area contributed by atoms with Crippen LogP contribution in [0.1, 0.15) is 18.0 Å². The van der Waals surface area contributed by atoms with E-state index >= 15 is 0 Å². The summed E-state index contributed by atoms with van der Waals surface area (Å²) < 4.78 is 2.38. The van der Waals surface area contributed by atoms with Crippen molar-refractivity contribution in [3.63, 3.8) is 0 Å². The molecular formula is C23H20N4O4. The predicted octanol–water partition coefficient (Wildman–Crippen LogP) is 1.69. The Morgan fingerprint density at radius 2 is 1.52 bits per heavy atom. The number of para-hydroxylation sites is 1. The molecule has 0 radical (unpaired) electrons. The van der Waals surface area contributed by atoms with Crippen LogP contribution in [0.5, 0.6) is 0 Å². The second-order valence-electron chi connectivity index (χ2n) is 7.81. The van der Waals surface area contributed by atoms with Gasteiger partial charge >= 0.3 is 11.4 Å². The maximum Gasteiger partial charge on any atom is 0.347 e. The van der Waals surface area contributed by atoms with Gasteiger partial charge in [-0.05, 0) is 24.1 Å². The van der Waals surface area contributed by atoms with Crippen molar-refractivity contribution in [2.45, 2.75) is 19.0 Å². The molecule has 0 saturated carbocycles. The lowest BCUT2D eigenvalue weighted by Gasteiger charge is -2.23. The number of carbonyl (C=O) groups is 2. The number of imide groups is 1. The monoisotopic (exact) mass is 416 g/mol. The van der Waals surface area contributed by atoms with Crippen LogP contribution in [-0.2, 0) is 16.1 Å². The number of hydrogen-bond donors (Lipinski definition) is 1. The third-order valence-electron chi connectivity index (χ3n) is 5.94. The largest absolute Gasteiger partial charge is 0.347 e. The first-order chi connectivity index (χ1) is 15.0. The van der Waals surface area contributed by atoms with Gasteiger partial charge in [0.25, 0.3) is 0 Å². The SMILES string of the molecule is O=C1[C@@H]2C=C[C@H](n3[nH]c(=O)n(Cc4ccccc4)c3=O)C[C@H]2C(=O)N1c1ccccc1. The summed E-state index contributed by atoms with van der Waals surface area (Å²) in [6, 6.07) is 17.5. The zero-order valence-electron chi connectivity index (χ0n) is 16.5. The molecule has 2 amide bonds. The molecule has 156 valence electrons. The lowest BCUT2D eigenvalue weighted by molar-refractivity contribution is -0.122. The Morgan fingerprint density at radius 3 is 2.23 bits per heavy atom. The first-order valence-corrected chi connectivity index (χ1v) is 10.1. The van der Waals surface area contributed by atoms with E-state index < -0.39 is 29.3 Å². The summed E-state index contributed by atoms with van der Waals surface area (Å²) in [5.41, 5.74) is 0.390. The molecule has 0 unspecified atom stereocenters. The van der Waals surface area contributed by atoms with Crippen LogP contribution in [0.4, 0.5) is 5.69 Å². The minimum Gasteiger partial charge on any atom is -0.274 e. The van der Waals surface area contributed by atoms with Gasteiger partial charge in [-0.1, -0.05) is 60.7 Å². The van der Waals surface area contributed by atoms with E-state index in [2.05, 4.69) is 5.10 Å². The third-order valence-corrected chi connectivity index (χ3v) is 5.94. The fourth-order valence-corrected chi connectivity index (χ4v) is 4.38. The fourth-order valence-electron chi connectivity index (χ4n) is 4.38. The number of anilines is 1. The Balaban J connectivity index is 1.43. The molecule has 0 spiro atoms. The van der Waals surface area contributed by atoms with Gasteiger partial charge in [-0.25, -0.2) is 28.8 Å². The molecule has 3 atom stereocenters. The molecule has 1 aromatic heterocycles. The molecule has 8 heteroatoms. The molecule has 1 aliphatic heterocycles. The number of nitrogens with zero attached hydrogens (tertiary/aromatic N) is 3. The van der Waals surface area contributed by atoms with Crippen LogP contribution in [0.2, 0.25) is 0 Å². The zero-order chi connectivity index (χ0) is 21.5. The summed E-state index contributed by atoms with van der Waals surface area (Å²) in [6.07, 6.45) is 3.67. The van der Waals surface area contributed by atoms with Gasteiger partial charge in [-0.15, -0.1) is 0 Å². The second kappa shape index (κ2) is 7.39. The van der Waals surface area contributed by atoms with E-state index in [-0.39, 0.29) is 24.8 Å². The minimum absolute atomic E-state index is 0.156. The number of fused-ring (bicyclic) bond motifs is 1. The van der Waals surface area contributed by atoms with Crippen molar-refractivity contribution in [3.8, 4) is 0 Å². The lowest BCUT2D eigenvalue weighted by atomic mass is 9.84. The highest BCUT2D eigenvalue weighted by Crippen LogP contribution is 2.39. The van der Waals surface area contributed by atoms with Gasteiger partial charge in [0, 0.05) is 0 Å². The van der Waals surface area contributed by atoms with Crippen molar-refractivity contribution >= 4 is 17.5 Å². The van der Waals surface area contributed by atoms with E-state index in [9.17, 15) is 19.2 Å². The Hall–Kier alpha value is -3.94. The number of H-pyrrole nitrogens is 1. The van der Waals surface area contributed by atoms with E-state index in [1.807, 2.05) is 36.4 Å². The fraction of sp³-hybridized carbons (Fsp3) is 0.217. The minimum atomic E-state index is -0.574. The number of hydrogen-bond acceptors (Lipinski definition) is 4. The van der Waals surface area contributed by atoms with E-state index in [0.29, 0.717) is 5.69 Å². The molecule has 3 aromatic rings. The van der Waals surface area contributed by atoms with Crippen LogP contribution in [0.25, 0.3) is 0 Å². The number of amides is 2. The first-order valence-electron chi connectivity index (χ1n) is 10.1. The van der Waals surface area contributed by atoms with Crippen LogP contribution in [0, 0.1) is 11.8 Å². The number of rotatable bonds is 4. The smallest absolute Gasteiger partial charge is 0.274 e. The lowest BCUT2D eigenvalue weighted by Crippen LogP contribution is -2.33. The number of carbonyl (C=O) groups excluding carboxylic acids is 2. The number of benzene rings is 2. The van der Waals surface area contributed by atoms with E-state index in [1.165, 1.54) is 9.58 Å². The predicted molar refractivity (Wildman–Crippen MR) is 114 cm³/mol. The van der Waals surface area contributed by atoms with Crippen molar-refractivity contribution in [2.24, 2.45) is 11.8 Å². The molecule has 2 aliphatic rings. The number of aromatic amines is 1. The van der Waals surface area contributed by atoms with Gasteiger partial charge in [0.15, 0.2) is 0 Å². The molecule has 5 rings (SSSR count). The van der Waals surface area contributed by atoms with Crippen LogP contribution >= 0.6 is 0 Å². The highest BCUT2D eigenvalue weighted by atomic mass is 16.2. The van der Waals surface area contributed by atoms with Crippen molar-refractivity contribution < 1.29 is 9.59 Å². The van der Waals surface area contributed by atoms with Gasteiger partial charge < -0.3 is 0 Å². The normalized spacial score (nSPS) is 22.7. The van der Waals surface area contributed by atoms with Crippen LogP contribution in [0.3, 0.4) is 0 Å². The van der Waals surface area contributed by atoms with Crippen molar-refractivity contribution in [1.82, 2.24) is 14.3 Å². The number of allylic oxidation sites excluding steroid dienone is 1. The molecule has 1 N–H and O–H groups in total. The Labute approximate surface area is 177 Å². The molecule has 1 fully saturated rings. The van der Waals surface area contributed by atoms with Crippen molar-refractivity contribution in [3.05, 3.63) is 99.3 Å². The molecule has 8 nitrogen and oxygen atoms in total. The molecule has 1 saturated heterocycles. The van der Waals surface area contributed by atoms with Crippen LogP contribution in [0.15, 0.2) is 82.4 Å². The molecule has 1 aliphatic carbocycles. The quantitative estimate of drug-likeness (QED) is 0.517. The van der Waals surface area contributed by atoms with E-state index in [4.69, 9.17) is 0 Å². The van der Waals surface area contributed by atoms with Crippen LogP contribution < -0.4 is 16.3 Å². The topological polar surface area (TPSA) is 97.2 Å². The van der Waals surface area contributed by atoms with Gasteiger partial charge in [-0.2, -0.15) is 0 Å². The van der Waals surface area contributed by atoms with Gasteiger partial charge in [0.1, 0.15) is 0 Å². The highest BCUT2D eigenvalue weighted by Gasteiger charge is 2.49. The van der Waals surface area contributed by atoms with Gasteiger partial charge in [0.2, 0.25) is 11.8 Å². The number of aromatic nitrogens is 3. The molecular weight excluding hydrogens is 396 g/mol. The van der Waals surface area contributed by atoms with Crippen LogP contribution in [-0.4, -0.2) is 26.2 Å². The summed E-state index contributed by atoms with van der Waals surface area (Å²) in [7, 11) is 0. The standard InChI is InChI=1S/C23H20N4O4/c28-20-18-12-11-17(13-19(18)21(29)26(20)16-9-5-2-6-10-16)27-23(31)25(22(30)24-27)14-15-7-3-1-4-8-15/h1-12,17-19H,13-14H2,(H,24,30)/t17-,18+,19+/m0/s1. The summed E-state index contributed by atoms with van der Waals surface area (Å²) >= 11 is 0. The Bertz CT molecular complexity index is 1290. The maximum absolute atomic E-state index is 13.0. The van der Waals surface area contributed by atoms with Crippen molar-refractivity contribution in [2.75, 3.05) is 4.90 Å².